The fraction of sp³-hybridized carbons (Fsp3) is 0.222. The fourth-order valence-electron chi connectivity index (χ4n) is 6.19. The lowest BCUT2D eigenvalue weighted by Crippen LogP contribution is -2.42. The van der Waals surface area contributed by atoms with Crippen LogP contribution in [0.15, 0.2) is 103 Å². The number of halogens is 3. The molecule has 1 fully saturated rings. The molecule has 2 heterocycles. The van der Waals surface area contributed by atoms with Crippen LogP contribution in [-0.4, -0.2) is 47.6 Å². The van der Waals surface area contributed by atoms with Crippen LogP contribution in [0.5, 0.6) is 5.75 Å². The third-order valence-corrected chi connectivity index (χ3v) is 8.98. The number of rotatable bonds is 6. The Morgan fingerprint density at radius 3 is 1.85 bits per heavy atom. The predicted octanol–water partition coefficient (Wildman–Crippen LogP) is 8.84. The van der Waals surface area contributed by atoms with E-state index in [1.807, 2.05) is 30.3 Å². The molecular weight excluding hydrogens is 641 g/mol. The van der Waals surface area contributed by atoms with Gasteiger partial charge in [0.1, 0.15) is 17.4 Å². The first kappa shape index (κ1) is 33.0. The summed E-state index contributed by atoms with van der Waals surface area (Å²) < 4.78 is 63.2. The van der Waals surface area contributed by atoms with Crippen LogP contribution in [0.1, 0.15) is 25.7 Å². The van der Waals surface area contributed by atoms with Gasteiger partial charge in [0.15, 0.2) is 0 Å². The minimum Gasteiger partial charge on any atom is -0.496 e. The first-order chi connectivity index (χ1) is 23.0. The average molecular weight is 675 g/mol. The smallest absolute Gasteiger partial charge is 0.496 e. The van der Waals surface area contributed by atoms with Gasteiger partial charge in [-0.2, -0.15) is 21.6 Å². The molecule has 1 aliphatic rings. The number of ether oxygens (including phenoxy) is 1. The van der Waals surface area contributed by atoms with E-state index in [9.17, 15) is 13.2 Å². The molecular formula is C36H33F3N4O4S. The summed E-state index contributed by atoms with van der Waals surface area (Å²) in [5.74, 6) is 2.58. The van der Waals surface area contributed by atoms with Crippen molar-refractivity contribution in [1.29, 1.82) is 0 Å². The van der Waals surface area contributed by atoms with Crippen molar-refractivity contribution in [2.45, 2.75) is 43.3 Å². The van der Waals surface area contributed by atoms with Crippen LogP contribution in [0.2, 0.25) is 0 Å². The SMILES string of the molecule is COc1cc(N[C@@H]2CCCC[C@H]2Nc2cccc(-c3c4ccccc4cc4ccccc34)n2)nc2ccccc12.O=S(=O)(O)C(F)(F)F. The second-order valence-electron chi connectivity index (χ2n) is 11.5. The van der Waals surface area contributed by atoms with Crippen LogP contribution >= 0.6 is 0 Å². The van der Waals surface area contributed by atoms with Crippen molar-refractivity contribution >= 4 is 54.2 Å². The number of aromatic nitrogens is 2. The van der Waals surface area contributed by atoms with E-state index in [0.717, 1.165) is 46.8 Å². The highest BCUT2D eigenvalue weighted by atomic mass is 32.2. The van der Waals surface area contributed by atoms with Gasteiger partial charge in [-0.3, -0.25) is 4.55 Å². The molecule has 0 unspecified atom stereocenters. The Bertz CT molecular complexity index is 2140. The minimum absolute atomic E-state index is 0.232. The summed E-state index contributed by atoms with van der Waals surface area (Å²) in [6.07, 6.45) is 4.53. The van der Waals surface area contributed by atoms with Crippen molar-refractivity contribution in [3.63, 3.8) is 0 Å². The molecule has 6 aromatic rings. The van der Waals surface area contributed by atoms with Crippen LogP contribution in [-0.2, 0) is 10.1 Å². The molecule has 48 heavy (non-hydrogen) atoms. The number of hydrogen-bond acceptors (Lipinski definition) is 7. The van der Waals surface area contributed by atoms with E-state index >= 15 is 0 Å². The van der Waals surface area contributed by atoms with Gasteiger partial charge in [-0.1, -0.05) is 79.6 Å². The number of anilines is 2. The lowest BCUT2D eigenvalue weighted by Gasteiger charge is -2.33. The van der Waals surface area contributed by atoms with Gasteiger partial charge in [0.05, 0.1) is 18.3 Å². The Balaban J connectivity index is 0.000000449. The monoisotopic (exact) mass is 674 g/mol. The third-order valence-electron chi connectivity index (χ3n) is 8.40. The number of fused-ring (bicyclic) bond motifs is 3. The Labute approximate surface area is 275 Å². The largest absolute Gasteiger partial charge is 0.522 e. The molecule has 1 aliphatic carbocycles. The van der Waals surface area contributed by atoms with Crippen LogP contribution in [0.25, 0.3) is 43.7 Å². The summed E-state index contributed by atoms with van der Waals surface area (Å²) in [7, 11) is -4.12. The molecule has 2 aromatic heterocycles. The fourth-order valence-corrected chi connectivity index (χ4v) is 6.19. The number of nitrogens with zero attached hydrogens (tertiary/aromatic N) is 2. The summed E-state index contributed by atoms with van der Waals surface area (Å²) in [6.45, 7) is 0. The number of para-hydroxylation sites is 1. The first-order valence-corrected chi connectivity index (χ1v) is 16.8. The van der Waals surface area contributed by atoms with Crippen molar-refractivity contribution in [2.75, 3.05) is 17.7 Å². The number of benzene rings is 4. The number of pyridine rings is 2. The molecule has 2 atom stereocenters. The Hall–Kier alpha value is -4.94. The Morgan fingerprint density at radius 1 is 0.729 bits per heavy atom. The van der Waals surface area contributed by atoms with E-state index in [0.29, 0.717) is 0 Å². The Kier molecular flexibility index (Phi) is 9.38. The normalized spacial score (nSPS) is 16.7. The number of alkyl halides is 3. The van der Waals surface area contributed by atoms with E-state index < -0.39 is 15.6 Å². The van der Waals surface area contributed by atoms with Crippen molar-refractivity contribution in [3.8, 4) is 17.0 Å². The maximum absolute atomic E-state index is 10.7. The van der Waals surface area contributed by atoms with Crippen LogP contribution < -0.4 is 15.4 Å². The molecule has 0 saturated heterocycles. The topological polar surface area (TPSA) is 113 Å². The summed E-state index contributed by atoms with van der Waals surface area (Å²) in [6, 6.07) is 36.4. The highest BCUT2D eigenvalue weighted by Gasteiger charge is 2.44. The van der Waals surface area contributed by atoms with Crippen molar-refractivity contribution in [3.05, 3.63) is 103 Å². The zero-order valence-corrected chi connectivity index (χ0v) is 26.7. The maximum atomic E-state index is 10.7. The van der Waals surface area contributed by atoms with E-state index in [1.165, 1.54) is 39.9 Å². The second-order valence-corrected chi connectivity index (χ2v) is 12.9. The molecule has 0 aliphatic heterocycles. The molecule has 0 bridgehead atoms. The lowest BCUT2D eigenvalue weighted by molar-refractivity contribution is -0.0510. The van der Waals surface area contributed by atoms with Crippen molar-refractivity contribution in [1.82, 2.24) is 9.97 Å². The molecule has 1 saturated carbocycles. The Morgan fingerprint density at radius 2 is 1.27 bits per heavy atom. The minimum atomic E-state index is -5.84. The number of methoxy groups -OCH3 is 1. The molecule has 12 heteroatoms. The molecule has 3 N–H and O–H groups in total. The quantitative estimate of drug-likeness (QED) is 0.0913. The highest BCUT2D eigenvalue weighted by Crippen LogP contribution is 2.36. The van der Waals surface area contributed by atoms with E-state index in [2.05, 4.69) is 83.4 Å². The van der Waals surface area contributed by atoms with E-state index in [1.54, 1.807) is 7.11 Å². The lowest BCUT2D eigenvalue weighted by atomic mass is 9.90. The van der Waals surface area contributed by atoms with Gasteiger partial charge in [0.25, 0.3) is 0 Å². The second kappa shape index (κ2) is 13.7. The van der Waals surface area contributed by atoms with Gasteiger partial charge in [-0.05, 0) is 64.7 Å². The van der Waals surface area contributed by atoms with E-state index in [4.69, 9.17) is 27.7 Å². The van der Waals surface area contributed by atoms with Gasteiger partial charge in [-0.15, -0.1) is 0 Å². The van der Waals surface area contributed by atoms with Crippen LogP contribution in [0.3, 0.4) is 0 Å². The predicted molar refractivity (Wildman–Crippen MR) is 184 cm³/mol. The van der Waals surface area contributed by atoms with Crippen molar-refractivity contribution < 1.29 is 30.9 Å². The first-order valence-electron chi connectivity index (χ1n) is 15.4. The maximum Gasteiger partial charge on any atom is 0.522 e. The summed E-state index contributed by atoms with van der Waals surface area (Å²) in [5, 5.41) is 13.4. The molecule has 248 valence electrons. The summed E-state index contributed by atoms with van der Waals surface area (Å²) in [4.78, 5) is 10.1. The van der Waals surface area contributed by atoms with E-state index in [-0.39, 0.29) is 12.1 Å². The highest BCUT2D eigenvalue weighted by molar-refractivity contribution is 7.86. The molecule has 0 radical (unpaired) electrons. The zero-order chi connectivity index (χ0) is 33.9. The standard InChI is InChI=1S/C35H32N4O.CHF3O3S/c1-40-32-22-34(36-28-16-7-6-15-27(28)32)38-30-18-9-8-17-29(30)37-33-20-10-19-31(39-33)35-25-13-4-2-11-23(25)21-24-12-3-5-14-26(24)35;2-1(3,4)8(5,6)7/h2-7,10-16,19-22,29-30H,8-9,17-18H2,1H3,(H,36,38)(H,37,39);(H,5,6,7)/t29-,30-;/m1./s1. The molecule has 8 nitrogen and oxygen atoms in total. The zero-order valence-electron chi connectivity index (χ0n) is 25.9. The van der Waals surface area contributed by atoms with Gasteiger partial charge < -0.3 is 15.4 Å². The molecule has 0 spiro atoms. The van der Waals surface area contributed by atoms with Gasteiger partial charge >= 0.3 is 15.6 Å². The molecule has 0 amide bonds. The molecule has 4 aromatic carbocycles. The van der Waals surface area contributed by atoms with Gasteiger partial charge in [0, 0.05) is 29.1 Å². The third kappa shape index (κ3) is 7.14. The van der Waals surface area contributed by atoms with Crippen molar-refractivity contribution in [2.24, 2.45) is 0 Å². The van der Waals surface area contributed by atoms with Crippen LogP contribution in [0, 0.1) is 0 Å². The number of hydrogen-bond donors (Lipinski definition) is 3. The van der Waals surface area contributed by atoms with Gasteiger partial charge in [-0.25, -0.2) is 9.97 Å². The van der Waals surface area contributed by atoms with Crippen LogP contribution in [0.4, 0.5) is 24.8 Å². The van der Waals surface area contributed by atoms with Gasteiger partial charge in [0.2, 0.25) is 0 Å². The summed E-state index contributed by atoms with van der Waals surface area (Å²) in [5.41, 5.74) is -2.43. The summed E-state index contributed by atoms with van der Waals surface area (Å²) >= 11 is 0. The molecule has 7 rings (SSSR count). The number of nitrogens with one attached hydrogen (secondary N) is 2. The average Bonchev–Trinajstić information content (AvgIpc) is 3.07.